The molecule has 1 aliphatic heterocycles. The van der Waals surface area contributed by atoms with E-state index < -0.39 is 0 Å². The molecule has 0 aromatic heterocycles. The van der Waals surface area contributed by atoms with Crippen molar-refractivity contribution in [1.29, 1.82) is 0 Å². The van der Waals surface area contributed by atoms with Crippen molar-refractivity contribution in [2.75, 3.05) is 13.1 Å². The molecule has 1 aliphatic rings. The number of rotatable bonds is 5. The molecule has 0 radical (unpaired) electrons. The van der Waals surface area contributed by atoms with E-state index in [0.717, 1.165) is 5.92 Å². The lowest BCUT2D eigenvalue weighted by atomic mass is 10.0. The van der Waals surface area contributed by atoms with E-state index in [0.29, 0.717) is 0 Å². The third-order valence-corrected chi connectivity index (χ3v) is 4.08. The fourth-order valence-electron chi connectivity index (χ4n) is 2.49. The quantitative estimate of drug-likeness (QED) is 0.621. The number of nitrogens with zero attached hydrogens (tertiary/aromatic N) is 1. The van der Waals surface area contributed by atoms with E-state index in [1.807, 2.05) is 0 Å². The summed E-state index contributed by atoms with van der Waals surface area (Å²) in [4.78, 5) is 2.63. The molecule has 1 unspecified atom stereocenters. The molecule has 1 nitrogen and oxygen atoms in total. The van der Waals surface area contributed by atoms with Crippen molar-refractivity contribution >= 4 is 0 Å². The summed E-state index contributed by atoms with van der Waals surface area (Å²) in [6.45, 7) is 13.9. The summed E-state index contributed by atoms with van der Waals surface area (Å²) < 4.78 is 0. The Hall–Kier alpha value is -0.720. The Morgan fingerprint density at radius 1 is 1.29 bits per heavy atom. The van der Waals surface area contributed by atoms with Crippen LogP contribution < -0.4 is 0 Å². The van der Waals surface area contributed by atoms with Gasteiger partial charge in [0.1, 0.15) is 0 Å². The maximum atomic E-state index is 2.63. The van der Waals surface area contributed by atoms with Crippen molar-refractivity contribution in [2.24, 2.45) is 5.92 Å². The van der Waals surface area contributed by atoms with E-state index in [9.17, 15) is 0 Å². The van der Waals surface area contributed by atoms with Crippen LogP contribution in [0, 0.1) is 5.92 Å². The fourth-order valence-corrected chi connectivity index (χ4v) is 2.49. The molecule has 0 aromatic rings. The lowest BCUT2D eigenvalue weighted by Gasteiger charge is -2.25. The molecule has 0 aliphatic carbocycles. The predicted octanol–water partition coefficient (Wildman–Crippen LogP) is 4.76. The van der Waals surface area contributed by atoms with Crippen molar-refractivity contribution < 1.29 is 0 Å². The molecule has 1 saturated heterocycles. The summed E-state index contributed by atoms with van der Waals surface area (Å²) in [5.74, 6) is 0.873. The van der Waals surface area contributed by atoms with Gasteiger partial charge in [-0.25, -0.2) is 0 Å². The van der Waals surface area contributed by atoms with Gasteiger partial charge in [0.2, 0.25) is 0 Å². The Kier molecular flexibility index (Phi) is 5.80. The zero-order valence-corrected chi connectivity index (χ0v) is 12.3. The third kappa shape index (κ3) is 4.22. The molecule has 0 amide bonds. The van der Waals surface area contributed by atoms with Crippen LogP contribution in [0.5, 0.6) is 0 Å². The molecule has 0 bridgehead atoms. The number of allylic oxidation sites excluding steroid dienone is 4. The van der Waals surface area contributed by atoms with Crippen molar-refractivity contribution in [3.05, 3.63) is 22.9 Å². The molecule has 1 heteroatoms. The maximum Gasteiger partial charge on any atom is 0.0201 e. The average molecular weight is 235 g/mol. The highest BCUT2D eigenvalue weighted by Gasteiger charge is 2.21. The normalized spacial score (nSPS) is 23.0. The molecule has 17 heavy (non-hydrogen) atoms. The summed E-state index contributed by atoms with van der Waals surface area (Å²) in [7, 11) is 0. The summed E-state index contributed by atoms with van der Waals surface area (Å²) in [6, 6.07) is 0. The minimum absolute atomic E-state index is 0.873. The minimum Gasteiger partial charge on any atom is -0.375 e. The standard InChI is InChI=1S/C16H29N/c1-6-13(3)8-9-16(15(5)7-2)17-11-10-14(4)12-17/h6,14H,7-12H2,1-5H3/b13-6-,16-15?. The van der Waals surface area contributed by atoms with Gasteiger partial charge in [-0.1, -0.05) is 31.1 Å². The van der Waals surface area contributed by atoms with Crippen LogP contribution in [0.1, 0.15) is 60.3 Å². The van der Waals surface area contributed by atoms with Gasteiger partial charge in [0.25, 0.3) is 0 Å². The summed E-state index contributed by atoms with van der Waals surface area (Å²) >= 11 is 0. The first kappa shape index (κ1) is 14.3. The fraction of sp³-hybridized carbons (Fsp3) is 0.750. The molecule has 98 valence electrons. The SMILES string of the molecule is C/C=C(/C)CCC(=C(C)CC)N1CCC(C)C1. The van der Waals surface area contributed by atoms with Gasteiger partial charge < -0.3 is 4.90 Å². The van der Waals surface area contributed by atoms with E-state index in [-0.39, 0.29) is 0 Å². The van der Waals surface area contributed by atoms with Crippen LogP contribution in [-0.2, 0) is 0 Å². The van der Waals surface area contributed by atoms with Gasteiger partial charge in [0, 0.05) is 18.8 Å². The van der Waals surface area contributed by atoms with Crippen molar-refractivity contribution in [3.8, 4) is 0 Å². The van der Waals surface area contributed by atoms with Crippen LogP contribution >= 0.6 is 0 Å². The zero-order valence-electron chi connectivity index (χ0n) is 12.3. The van der Waals surface area contributed by atoms with E-state index in [1.165, 1.54) is 44.3 Å². The van der Waals surface area contributed by atoms with E-state index in [4.69, 9.17) is 0 Å². The summed E-state index contributed by atoms with van der Waals surface area (Å²) in [5, 5.41) is 0. The van der Waals surface area contributed by atoms with Crippen LogP contribution in [0.3, 0.4) is 0 Å². The number of hydrogen-bond donors (Lipinski definition) is 0. The summed E-state index contributed by atoms with van der Waals surface area (Å²) in [5.41, 5.74) is 4.72. The van der Waals surface area contributed by atoms with Gasteiger partial charge >= 0.3 is 0 Å². The van der Waals surface area contributed by atoms with Crippen LogP contribution in [-0.4, -0.2) is 18.0 Å². The first-order chi connectivity index (χ1) is 8.08. The highest BCUT2D eigenvalue weighted by atomic mass is 15.2. The highest BCUT2D eigenvalue weighted by Crippen LogP contribution is 2.27. The van der Waals surface area contributed by atoms with Crippen LogP contribution in [0.4, 0.5) is 0 Å². The second kappa shape index (κ2) is 6.88. The molecule has 1 fully saturated rings. The second-order valence-corrected chi connectivity index (χ2v) is 5.56. The van der Waals surface area contributed by atoms with Gasteiger partial charge in [0.05, 0.1) is 0 Å². The number of likely N-dealkylation sites (tertiary alicyclic amines) is 1. The number of hydrogen-bond acceptors (Lipinski definition) is 1. The Bertz CT molecular complexity index is 299. The average Bonchev–Trinajstić information content (AvgIpc) is 2.75. The summed E-state index contributed by atoms with van der Waals surface area (Å²) in [6.07, 6.45) is 7.24. The minimum atomic E-state index is 0.873. The zero-order chi connectivity index (χ0) is 12.8. The first-order valence-corrected chi connectivity index (χ1v) is 7.13. The predicted molar refractivity (Wildman–Crippen MR) is 77.0 cm³/mol. The third-order valence-electron chi connectivity index (χ3n) is 4.08. The van der Waals surface area contributed by atoms with Gasteiger partial charge in [-0.05, 0) is 52.4 Å². The van der Waals surface area contributed by atoms with E-state index in [2.05, 4.69) is 45.6 Å². The van der Waals surface area contributed by atoms with Gasteiger partial charge in [0.15, 0.2) is 0 Å². The molecule has 1 heterocycles. The second-order valence-electron chi connectivity index (χ2n) is 5.56. The lowest BCUT2D eigenvalue weighted by molar-refractivity contribution is 0.387. The van der Waals surface area contributed by atoms with Crippen molar-refractivity contribution in [3.63, 3.8) is 0 Å². The molecule has 0 spiro atoms. The largest absolute Gasteiger partial charge is 0.375 e. The van der Waals surface area contributed by atoms with Gasteiger partial charge in [-0.3, -0.25) is 0 Å². The lowest BCUT2D eigenvalue weighted by Crippen LogP contribution is -2.21. The molecule has 0 saturated carbocycles. The molecule has 0 N–H and O–H groups in total. The molecular weight excluding hydrogens is 206 g/mol. The maximum absolute atomic E-state index is 2.63. The van der Waals surface area contributed by atoms with Crippen LogP contribution in [0.2, 0.25) is 0 Å². The van der Waals surface area contributed by atoms with E-state index in [1.54, 1.807) is 11.3 Å². The van der Waals surface area contributed by atoms with Gasteiger partial charge in [-0.2, -0.15) is 0 Å². The topological polar surface area (TPSA) is 3.24 Å². The Morgan fingerprint density at radius 2 is 2.00 bits per heavy atom. The monoisotopic (exact) mass is 235 g/mol. The highest BCUT2D eigenvalue weighted by molar-refractivity contribution is 5.14. The smallest absolute Gasteiger partial charge is 0.0201 e. The van der Waals surface area contributed by atoms with Crippen LogP contribution in [0.15, 0.2) is 22.9 Å². The Balaban J connectivity index is 2.69. The molecular formula is C16H29N. The van der Waals surface area contributed by atoms with Crippen LogP contribution in [0.25, 0.3) is 0 Å². The molecule has 1 atom stereocenters. The Labute approximate surface area is 108 Å². The van der Waals surface area contributed by atoms with Gasteiger partial charge in [-0.15, -0.1) is 0 Å². The Morgan fingerprint density at radius 3 is 2.47 bits per heavy atom. The first-order valence-electron chi connectivity index (χ1n) is 7.13. The molecule has 1 rings (SSSR count). The van der Waals surface area contributed by atoms with Crippen molar-refractivity contribution in [2.45, 2.75) is 60.3 Å². The molecule has 0 aromatic carbocycles. The van der Waals surface area contributed by atoms with E-state index >= 15 is 0 Å². The van der Waals surface area contributed by atoms with Crippen molar-refractivity contribution in [1.82, 2.24) is 4.90 Å².